The molecule has 2 N–H and O–H groups in total. The maximum atomic E-state index is 10.3. The van der Waals surface area contributed by atoms with E-state index in [-0.39, 0.29) is 0 Å². The predicted octanol–water partition coefficient (Wildman–Crippen LogP) is 5.25. The molecule has 5 heteroatoms. The van der Waals surface area contributed by atoms with Crippen molar-refractivity contribution in [2.45, 2.75) is 26.2 Å². The van der Waals surface area contributed by atoms with Crippen LogP contribution in [0.5, 0.6) is 11.5 Å². The van der Waals surface area contributed by atoms with Gasteiger partial charge in [0.2, 0.25) is 0 Å². The van der Waals surface area contributed by atoms with Crippen LogP contribution in [0, 0.1) is 0 Å². The second-order valence-electron chi connectivity index (χ2n) is 6.66. The van der Waals surface area contributed by atoms with Crippen LogP contribution in [0.25, 0.3) is 0 Å². The summed E-state index contributed by atoms with van der Waals surface area (Å²) in [5.74, 6) is 1.42. The van der Waals surface area contributed by atoms with Gasteiger partial charge in [0.1, 0.15) is 6.61 Å². The Hall–Kier alpha value is -2.34. The molecule has 4 nitrogen and oxygen atoms in total. The van der Waals surface area contributed by atoms with E-state index in [0.717, 1.165) is 21.2 Å². The van der Waals surface area contributed by atoms with Gasteiger partial charge in [-0.3, -0.25) is 0 Å². The normalized spacial score (nSPS) is 11.8. The van der Waals surface area contributed by atoms with Gasteiger partial charge in [-0.05, 0) is 35.7 Å². The first-order valence-corrected chi connectivity index (χ1v) is 10.5. The monoisotopic (exact) mass is 455 g/mol. The minimum Gasteiger partial charge on any atom is -0.490 e. The van der Waals surface area contributed by atoms with Gasteiger partial charge in [-0.25, -0.2) is 0 Å². The number of hydrogen-bond donors (Lipinski definition) is 2. The quantitative estimate of drug-likeness (QED) is 0.438. The first kappa shape index (κ1) is 21.4. The van der Waals surface area contributed by atoms with E-state index in [1.807, 2.05) is 79.7 Å². The molecule has 0 amide bonds. The molecule has 0 aliphatic heterocycles. The maximum absolute atomic E-state index is 10.3. The topological polar surface area (TPSA) is 50.7 Å². The van der Waals surface area contributed by atoms with Gasteiger partial charge in [-0.1, -0.05) is 76.6 Å². The molecule has 0 aromatic heterocycles. The first-order chi connectivity index (χ1) is 14.2. The van der Waals surface area contributed by atoms with Crippen molar-refractivity contribution in [2.75, 3.05) is 13.2 Å². The van der Waals surface area contributed by atoms with E-state index in [0.29, 0.717) is 37.8 Å². The van der Waals surface area contributed by atoms with Gasteiger partial charge in [-0.15, -0.1) is 0 Å². The highest BCUT2D eigenvalue weighted by Crippen LogP contribution is 2.34. The molecular weight excluding hydrogens is 430 g/mol. The molecule has 0 aliphatic carbocycles. The van der Waals surface area contributed by atoms with Gasteiger partial charge in [0.25, 0.3) is 0 Å². The summed E-state index contributed by atoms with van der Waals surface area (Å²) in [4.78, 5) is 0. The maximum Gasteiger partial charge on any atom is 0.162 e. The zero-order valence-electron chi connectivity index (χ0n) is 16.5. The molecule has 0 saturated carbocycles. The van der Waals surface area contributed by atoms with Crippen molar-refractivity contribution in [3.63, 3.8) is 0 Å². The predicted molar refractivity (Wildman–Crippen MR) is 119 cm³/mol. The minimum atomic E-state index is -0.546. The fourth-order valence-electron chi connectivity index (χ4n) is 2.97. The highest BCUT2D eigenvalue weighted by Gasteiger charge is 2.12. The van der Waals surface area contributed by atoms with Gasteiger partial charge < -0.3 is 19.9 Å². The van der Waals surface area contributed by atoms with Crippen LogP contribution in [0.3, 0.4) is 0 Å². The molecule has 0 spiro atoms. The van der Waals surface area contributed by atoms with Crippen LogP contribution in [-0.4, -0.2) is 18.3 Å². The highest BCUT2D eigenvalue weighted by molar-refractivity contribution is 9.10. The number of aliphatic hydroxyl groups excluding tert-OH is 1. The Balaban J connectivity index is 1.63. The van der Waals surface area contributed by atoms with E-state index in [1.165, 1.54) is 0 Å². The van der Waals surface area contributed by atoms with E-state index >= 15 is 0 Å². The summed E-state index contributed by atoms with van der Waals surface area (Å²) in [6.45, 7) is 4.06. The van der Waals surface area contributed by atoms with E-state index in [2.05, 4.69) is 21.2 Å². The Kier molecular flexibility index (Phi) is 8.11. The molecule has 1 atom stereocenters. The number of hydrogen-bond acceptors (Lipinski definition) is 4. The van der Waals surface area contributed by atoms with Crippen LogP contribution in [0.2, 0.25) is 0 Å². The first-order valence-electron chi connectivity index (χ1n) is 9.73. The SMILES string of the molecule is CCOc1cc(CNCC(O)c2ccccc2)c(Br)cc1OCc1ccccc1. The van der Waals surface area contributed by atoms with Crippen molar-refractivity contribution in [3.8, 4) is 11.5 Å². The third-order valence-corrected chi connectivity index (χ3v) is 5.23. The Labute approximate surface area is 180 Å². The van der Waals surface area contributed by atoms with Crippen LogP contribution in [-0.2, 0) is 13.2 Å². The van der Waals surface area contributed by atoms with Gasteiger partial charge in [-0.2, -0.15) is 0 Å². The van der Waals surface area contributed by atoms with Gasteiger partial charge in [0.05, 0.1) is 12.7 Å². The van der Waals surface area contributed by atoms with E-state index < -0.39 is 6.10 Å². The Bertz CT molecular complexity index is 887. The lowest BCUT2D eigenvalue weighted by Gasteiger charge is -2.16. The zero-order valence-corrected chi connectivity index (χ0v) is 18.1. The summed E-state index contributed by atoms with van der Waals surface area (Å²) < 4.78 is 12.7. The Morgan fingerprint density at radius 3 is 2.28 bits per heavy atom. The summed E-state index contributed by atoms with van der Waals surface area (Å²) in [5, 5.41) is 13.6. The zero-order chi connectivity index (χ0) is 20.5. The molecule has 3 aromatic carbocycles. The summed E-state index contributed by atoms with van der Waals surface area (Å²) >= 11 is 3.63. The molecule has 3 aromatic rings. The van der Waals surface area contributed by atoms with Crippen molar-refractivity contribution < 1.29 is 14.6 Å². The molecule has 3 rings (SSSR count). The van der Waals surface area contributed by atoms with Crippen molar-refractivity contribution in [1.82, 2.24) is 5.32 Å². The molecule has 0 bridgehead atoms. The van der Waals surface area contributed by atoms with E-state index in [4.69, 9.17) is 9.47 Å². The molecule has 0 fully saturated rings. The lowest BCUT2D eigenvalue weighted by molar-refractivity contribution is 0.174. The number of rotatable bonds is 10. The van der Waals surface area contributed by atoms with Crippen molar-refractivity contribution in [1.29, 1.82) is 0 Å². The Morgan fingerprint density at radius 2 is 1.59 bits per heavy atom. The fraction of sp³-hybridized carbons (Fsp3) is 0.250. The molecule has 0 radical (unpaired) electrons. The average Bonchev–Trinajstić information content (AvgIpc) is 2.76. The lowest BCUT2D eigenvalue weighted by atomic mass is 10.1. The second kappa shape index (κ2) is 11.0. The van der Waals surface area contributed by atoms with Crippen LogP contribution < -0.4 is 14.8 Å². The van der Waals surface area contributed by atoms with Crippen LogP contribution in [0.1, 0.15) is 29.7 Å². The molecule has 0 aliphatic rings. The smallest absolute Gasteiger partial charge is 0.162 e. The van der Waals surface area contributed by atoms with Crippen molar-refractivity contribution >= 4 is 15.9 Å². The standard InChI is InChI=1S/C24H26BrNO3/c1-2-28-23-13-20(15-26-16-22(27)19-11-7-4-8-12-19)21(25)14-24(23)29-17-18-9-5-3-6-10-18/h3-14,22,26-27H,2,15-17H2,1H3. The summed E-state index contributed by atoms with van der Waals surface area (Å²) in [5.41, 5.74) is 3.05. The minimum absolute atomic E-state index is 0.465. The Morgan fingerprint density at radius 1 is 0.931 bits per heavy atom. The number of halogens is 1. The molecule has 1 unspecified atom stereocenters. The molecule has 0 heterocycles. The van der Waals surface area contributed by atoms with Gasteiger partial charge in [0.15, 0.2) is 11.5 Å². The van der Waals surface area contributed by atoms with Crippen LogP contribution in [0.4, 0.5) is 0 Å². The number of benzene rings is 3. The molecular formula is C24H26BrNO3. The average molecular weight is 456 g/mol. The highest BCUT2D eigenvalue weighted by atomic mass is 79.9. The summed E-state index contributed by atoms with van der Waals surface area (Å²) in [6, 6.07) is 23.6. The third-order valence-electron chi connectivity index (χ3n) is 4.49. The lowest BCUT2D eigenvalue weighted by Crippen LogP contribution is -2.21. The molecule has 29 heavy (non-hydrogen) atoms. The summed E-state index contributed by atoms with van der Waals surface area (Å²) in [7, 11) is 0. The number of ether oxygens (including phenoxy) is 2. The van der Waals surface area contributed by atoms with E-state index in [1.54, 1.807) is 0 Å². The fourth-order valence-corrected chi connectivity index (χ4v) is 3.43. The number of aliphatic hydroxyl groups is 1. The van der Waals surface area contributed by atoms with Gasteiger partial charge >= 0.3 is 0 Å². The van der Waals surface area contributed by atoms with Crippen molar-refractivity contribution in [2.24, 2.45) is 0 Å². The van der Waals surface area contributed by atoms with E-state index in [9.17, 15) is 5.11 Å². The van der Waals surface area contributed by atoms with Crippen molar-refractivity contribution in [3.05, 3.63) is 94.0 Å². The second-order valence-corrected chi connectivity index (χ2v) is 7.51. The van der Waals surface area contributed by atoms with Crippen LogP contribution in [0.15, 0.2) is 77.3 Å². The number of nitrogens with one attached hydrogen (secondary N) is 1. The third kappa shape index (κ3) is 6.32. The molecule has 0 saturated heterocycles. The van der Waals surface area contributed by atoms with Gasteiger partial charge in [0, 0.05) is 17.6 Å². The van der Waals surface area contributed by atoms with Crippen LogP contribution >= 0.6 is 15.9 Å². The largest absolute Gasteiger partial charge is 0.490 e. The summed E-state index contributed by atoms with van der Waals surface area (Å²) in [6.07, 6.45) is -0.546. The molecule has 152 valence electrons.